The summed E-state index contributed by atoms with van der Waals surface area (Å²) in [6.45, 7) is 6.53. The van der Waals surface area contributed by atoms with Gasteiger partial charge in [-0.05, 0) is 33.6 Å². The summed E-state index contributed by atoms with van der Waals surface area (Å²) in [5, 5.41) is 9.75. The zero-order valence-corrected chi connectivity index (χ0v) is 10.4. The monoisotopic (exact) mass is 228 g/mol. The van der Waals surface area contributed by atoms with Crippen molar-refractivity contribution in [3.63, 3.8) is 0 Å². The van der Waals surface area contributed by atoms with E-state index in [2.05, 4.69) is 0 Å². The first-order valence-electron chi connectivity index (χ1n) is 5.60. The van der Waals surface area contributed by atoms with E-state index in [0.29, 0.717) is 12.8 Å². The minimum absolute atomic E-state index is 0.0101. The number of esters is 1. The fourth-order valence-electron chi connectivity index (χ4n) is 2.19. The standard InChI is InChI=1S/C12H20O4/c1-8(13)16-11(2,3)9-5-6-12(4,15)10(14)7-9/h9,15H,5-7H2,1-4H3. The molecule has 0 aliphatic heterocycles. The Hall–Kier alpha value is -0.900. The highest BCUT2D eigenvalue weighted by atomic mass is 16.6. The van der Waals surface area contributed by atoms with Gasteiger partial charge in [0.05, 0.1) is 0 Å². The molecule has 1 rings (SSSR count). The third kappa shape index (κ3) is 2.82. The number of carbonyl (C=O) groups excluding carboxylic acids is 2. The molecule has 2 atom stereocenters. The molecule has 1 aliphatic rings. The largest absolute Gasteiger partial charge is 0.460 e. The number of aliphatic hydroxyl groups is 1. The van der Waals surface area contributed by atoms with E-state index in [9.17, 15) is 14.7 Å². The van der Waals surface area contributed by atoms with Crippen LogP contribution in [0.2, 0.25) is 0 Å². The quantitative estimate of drug-likeness (QED) is 0.726. The van der Waals surface area contributed by atoms with Crippen LogP contribution in [0.15, 0.2) is 0 Å². The summed E-state index contributed by atoms with van der Waals surface area (Å²) in [6, 6.07) is 0. The van der Waals surface area contributed by atoms with Crippen LogP contribution in [0.3, 0.4) is 0 Å². The van der Waals surface area contributed by atoms with E-state index in [1.807, 2.05) is 13.8 Å². The van der Waals surface area contributed by atoms with Gasteiger partial charge in [-0.3, -0.25) is 9.59 Å². The molecule has 0 bridgehead atoms. The molecule has 4 heteroatoms. The van der Waals surface area contributed by atoms with Crippen LogP contribution in [0.25, 0.3) is 0 Å². The van der Waals surface area contributed by atoms with Crippen LogP contribution >= 0.6 is 0 Å². The number of rotatable bonds is 2. The van der Waals surface area contributed by atoms with Crippen molar-refractivity contribution in [2.45, 2.75) is 58.2 Å². The lowest BCUT2D eigenvalue weighted by Crippen LogP contribution is -2.47. The highest BCUT2D eigenvalue weighted by Crippen LogP contribution is 2.37. The topological polar surface area (TPSA) is 63.6 Å². The van der Waals surface area contributed by atoms with Crippen molar-refractivity contribution in [3.8, 4) is 0 Å². The predicted octanol–water partition coefficient (Wildman–Crippen LogP) is 1.45. The molecular formula is C12H20O4. The van der Waals surface area contributed by atoms with Gasteiger partial charge in [-0.15, -0.1) is 0 Å². The molecule has 0 saturated heterocycles. The molecule has 16 heavy (non-hydrogen) atoms. The lowest BCUT2D eigenvalue weighted by atomic mass is 9.72. The van der Waals surface area contributed by atoms with Gasteiger partial charge in [0.15, 0.2) is 5.78 Å². The summed E-state index contributed by atoms with van der Waals surface area (Å²) in [5.74, 6) is -0.511. The molecule has 1 fully saturated rings. The summed E-state index contributed by atoms with van der Waals surface area (Å²) in [7, 11) is 0. The van der Waals surface area contributed by atoms with E-state index in [4.69, 9.17) is 4.74 Å². The van der Waals surface area contributed by atoms with Gasteiger partial charge in [0.25, 0.3) is 0 Å². The van der Waals surface area contributed by atoms with Crippen LogP contribution in [-0.2, 0) is 14.3 Å². The molecule has 0 amide bonds. The van der Waals surface area contributed by atoms with E-state index < -0.39 is 11.2 Å². The zero-order chi connectivity index (χ0) is 12.6. The predicted molar refractivity (Wildman–Crippen MR) is 58.8 cm³/mol. The van der Waals surface area contributed by atoms with Crippen molar-refractivity contribution in [1.82, 2.24) is 0 Å². The first kappa shape index (κ1) is 13.2. The van der Waals surface area contributed by atoms with Crippen LogP contribution in [-0.4, -0.2) is 28.1 Å². The first-order chi connectivity index (χ1) is 7.15. The van der Waals surface area contributed by atoms with Crippen LogP contribution in [0, 0.1) is 5.92 Å². The summed E-state index contributed by atoms with van der Waals surface area (Å²) >= 11 is 0. The van der Waals surface area contributed by atoms with E-state index in [1.165, 1.54) is 6.92 Å². The molecule has 0 radical (unpaired) electrons. The Bertz CT molecular complexity index is 304. The van der Waals surface area contributed by atoms with Crippen molar-refractivity contribution in [1.29, 1.82) is 0 Å². The minimum atomic E-state index is -1.21. The van der Waals surface area contributed by atoms with Crippen LogP contribution in [0.5, 0.6) is 0 Å². The number of hydrogen-bond donors (Lipinski definition) is 1. The molecular weight excluding hydrogens is 208 g/mol. The van der Waals surface area contributed by atoms with Gasteiger partial charge in [-0.25, -0.2) is 0 Å². The van der Waals surface area contributed by atoms with E-state index in [0.717, 1.165) is 0 Å². The molecule has 0 aromatic rings. The maximum atomic E-state index is 11.7. The Morgan fingerprint density at radius 2 is 2.12 bits per heavy atom. The average Bonchev–Trinajstić information content (AvgIpc) is 2.07. The number of carbonyl (C=O) groups is 2. The number of ether oxygens (including phenoxy) is 1. The van der Waals surface area contributed by atoms with Gasteiger partial charge >= 0.3 is 5.97 Å². The second-order valence-electron chi connectivity index (χ2n) is 5.33. The number of Topliss-reactive ketones (excluding diaryl/α,β-unsaturated/α-hetero) is 1. The Balaban J connectivity index is 2.71. The molecule has 0 aromatic heterocycles. The Morgan fingerprint density at radius 1 is 1.56 bits per heavy atom. The first-order valence-corrected chi connectivity index (χ1v) is 5.60. The fraction of sp³-hybridized carbons (Fsp3) is 0.833. The van der Waals surface area contributed by atoms with Crippen molar-refractivity contribution >= 4 is 11.8 Å². The summed E-state index contributed by atoms with van der Waals surface area (Å²) < 4.78 is 5.22. The third-order valence-electron chi connectivity index (χ3n) is 3.40. The van der Waals surface area contributed by atoms with Gasteiger partial charge in [0.1, 0.15) is 11.2 Å². The van der Waals surface area contributed by atoms with Crippen LogP contribution < -0.4 is 0 Å². The second kappa shape index (κ2) is 4.17. The molecule has 0 aromatic carbocycles. The number of hydrogen-bond acceptors (Lipinski definition) is 4. The Kier molecular flexibility index (Phi) is 3.43. The average molecular weight is 228 g/mol. The third-order valence-corrected chi connectivity index (χ3v) is 3.40. The van der Waals surface area contributed by atoms with Gasteiger partial charge < -0.3 is 9.84 Å². The molecule has 0 heterocycles. The van der Waals surface area contributed by atoms with E-state index >= 15 is 0 Å². The van der Waals surface area contributed by atoms with Gasteiger partial charge in [0.2, 0.25) is 0 Å². The van der Waals surface area contributed by atoms with Crippen molar-refractivity contribution in [2.75, 3.05) is 0 Å². The molecule has 4 nitrogen and oxygen atoms in total. The van der Waals surface area contributed by atoms with Crippen molar-refractivity contribution < 1.29 is 19.4 Å². The molecule has 1 N–H and O–H groups in total. The van der Waals surface area contributed by atoms with E-state index in [1.54, 1.807) is 6.92 Å². The van der Waals surface area contributed by atoms with Crippen molar-refractivity contribution in [2.24, 2.45) is 5.92 Å². The van der Waals surface area contributed by atoms with Crippen LogP contribution in [0.4, 0.5) is 0 Å². The van der Waals surface area contributed by atoms with Crippen molar-refractivity contribution in [3.05, 3.63) is 0 Å². The lowest BCUT2D eigenvalue weighted by Gasteiger charge is -2.39. The maximum Gasteiger partial charge on any atom is 0.303 e. The minimum Gasteiger partial charge on any atom is -0.460 e. The smallest absolute Gasteiger partial charge is 0.303 e. The summed E-state index contributed by atoms with van der Waals surface area (Å²) in [6.07, 6.45) is 1.40. The van der Waals surface area contributed by atoms with E-state index in [-0.39, 0.29) is 24.1 Å². The SMILES string of the molecule is CC(=O)OC(C)(C)C1CCC(C)(O)C(=O)C1. The normalized spacial score (nSPS) is 31.3. The molecule has 2 unspecified atom stereocenters. The highest BCUT2D eigenvalue weighted by Gasteiger charge is 2.43. The second-order valence-corrected chi connectivity index (χ2v) is 5.33. The van der Waals surface area contributed by atoms with Crippen LogP contribution in [0.1, 0.15) is 47.0 Å². The molecule has 1 aliphatic carbocycles. The van der Waals surface area contributed by atoms with Gasteiger partial charge in [-0.1, -0.05) is 0 Å². The maximum absolute atomic E-state index is 11.7. The van der Waals surface area contributed by atoms with Gasteiger partial charge in [0, 0.05) is 19.3 Å². The fourth-order valence-corrected chi connectivity index (χ4v) is 2.19. The summed E-state index contributed by atoms with van der Waals surface area (Å²) in [5.41, 5.74) is -1.85. The Labute approximate surface area is 96.0 Å². The molecule has 0 spiro atoms. The molecule has 1 saturated carbocycles. The molecule has 92 valence electrons. The van der Waals surface area contributed by atoms with Gasteiger partial charge in [-0.2, -0.15) is 0 Å². The number of ketones is 1. The lowest BCUT2D eigenvalue weighted by molar-refractivity contribution is -0.165. The highest BCUT2D eigenvalue weighted by molar-refractivity contribution is 5.87. The summed E-state index contributed by atoms with van der Waals surface area (Å²) in [4.78, 5) is 22.6. The Morgan fingerprint density at radius 3 is 2.56 bits per heavy atom. The zero-order valence-electron chi connectivity index (χ0n) is 10.4.